The van der Waals surface area contributed by atoms with Gasteiger partial charge in [0.1, 0.15) is 0 Å². The van der Waals surface area contributed by atoms with Crippen LogP contribution in [0.5, 0.6) is 0 Å². The van der Waals surface area contributed by atoms with Gasteiger partial charge in [0.25, 0.3) is 0 Å². The zero-order valence-electron chi connectivity index (χ0n) is 10.6. The summed E-state index contributed by atoms with van der Waals surface area (Å²) in [6.07, 6.45) is 2.35. The average molecular weight is 254 g/mol. The van der Waals surface area contributed by atoms with Gasteiger partial charge in [-0.05, 0) is 38.8 Å². The average Bonchev–Trinajstić information content (AvgIpc) is 2.33. The Morgan fingerprint density at radius 2 is 1.88 bits per heavy atom. The van der Waals surface area contributed by atoms with Crippen LogP contribution in [0, 0.1) is 6.92 Å². The molecule has 0 aliphatic heterocycles. The second-order valence-electron chi connectivity index (χ2n) is 4.12. The molecule has 0 spiro atoms. The minimum atomic E-state index is 0.182. The molecule has 0 aliphatic rings. The quantitative estimate of drug-likeness (QED) is 0.558. The first-order chi connectivity index (χ1) is 8.19. The number of carbonyl (C=O) groups is 1. The molecule has 1 amide bonds. The molecule has 1 aromatic rings. The molecule has 0 radical (unpaired) electrons. The largest absolute Gasteiger partial charge is 0.313 e. The summed E-state index contributed by atoms with van der Waals surface area (Å²) < 4.78 is 0. The van der Waals surface area contributed by atoms with E-state index in [-0.39, 0.29) is 5.91 Å². The van der Waals surface area contributed by atoms with Crippen LogP contribution in [0.25, 0.3) is 0 Å². The molecule has 94 valence electrons. The van der Waals surface area contributed by atoms with Gasteiger partial charge in [-0.1, -0.05) is 17.7 Å². The van der Waals surface area contributed by atoms with E-state index in [0.29, 0.717) is 18.8 Å². The fourth-order valence-corrected chi connectivity index (χ4v) is 1.92. The Kier molecular flexibility index (Phi) is 6.06. The lowest BCUT2D eigenvalue weighted by Crippen LogP contribution is -2.30. The van der Waals surface area contributed by atoms with Gasteiger partial charge in [0.05, 0.1) is 0 Å². The van der Waals surface area contributed by atoms with E-state index in [2.05, 4.69) is 0 Å². The van der Waals surface area contributed by atoms with Crippen molar-refractivity contribution < 1.29 is 4.79 Å². The topological polar surface area (TPSA) is 20.3 Å². The number of hydrogen-bond acceptors (Lipinski definition) is 1. The number of rotatable bonds is 6. The lowest BCUT2D eigenvalue weighted by Gasteiger charge is -2.21. The van der Waals surface area contributed by atoms with Gasteiger partial charge in [-0.3, -0.25) is 4.79 Å². The van der Waals surface area contributed by atoms with E-state index in [1.165, 1.54) is 5.56 Å². The summed E-state index contributed by atoms with van der Waals surface area (Å²) in [7, 11) is 0. The maximum Gasteiger partial charge on any atom is 0.226 e. The van der Waals surface area contributed by atoms with Crippen LogP contribution in [0.15, 0.2) is 24.3 Å². The van der Waals surface area contributed by atoms with E-state index in [9.17, 15) is 4.79 Å². The predicted octanol–water partition coefficient (Wildman–Crippen LogP) is 3.76. The van der Waals surface area contributed by atoms with Crippen LogP contribution in [0.3, 0.4) is 0 Å². The molecule has 0 aromatic heterocycles. The minimum absolute atomic E-state index is 0.182. The Bertz CT molecular complexity index is 348. The zero-order chi connectivity index (χ0) is 12.7. The van der Waals surface area contributed by atoms with Crippen LogP contribution in [-0.2, 0) is 4.79 Å². The molecule has 0 fully saturated rings. The van der Waals surface area contributed by atoms with Crippen molar-refractivity contribution in [2.75, 3.05) is 17.3 Å². The standard InChI is InChI=1S/C14H20ClNO/c1-3-16(14(17)6-4-5-11-15)13-9-7-12(2)8-10-13/h7-10H,3-6,11H2,1-2H3. The number of hydrogen-bond donors (Lipinski definition) is 0. The Morgan fingerprint density at radius 3 is 2.41 bits per heavy atom. The molecule has 17 heavy (non-hydrogen) atoms. The third kappa shape index (κ3) is 4.39. The molecule has 0 saturated heterocycles. The number of alkyl halides is 1. The second kappa shape index (κ2) is 7.33. The van der Waals surface area contributed by atoms with Crippen LogP contribution < -0.4 is 4.90 Å². The summed E-state index contributed by atoms with van der Waals surface area (Å²) in [5.74, 6) is 0.811. The number of anilines is 1. The predicted molar refractivity (Wildman–Crippen MR) is 73.8 cm³/mol. The maximum atomic E-state index is 12.0. The van der Waals surface area contributed by atoms with Crippen molar-refractivity contribution in [1.29, 1.82) is 0 Å². The van der Waals surface area contributed by atoms with Gasteiger partial charge in [0.2, 0.25) is 5.91 Å². The van der Waals surface area contributed by atoms with Crippen LogP contribution >= 0.6 is 11.6 Å². The SMILES string of the molecule is CCN(C(=O)CCCCCl)c1ccc(C)cc1. The summed E-state index contributed by atoms with van der Waals surface area (Å²) >= 11 is 5.61. The molecule has 3 heteroatoms. The molecule has 1 aromatic carbocycles. The van der Waals surface area contributed by atoms with Gasteiger partial charge in [-0.25, -0.2) is 0 Å². The summed E-state index contributed by atoms with van der Waals surface area (Å²) in [6, 6.07) is 8.06. The Balaban J connectivity index is 2.64. The van der Waals surface area contributed by atoms with E-state index in [0.717, 1.165) is 18.5 Å². The third-order valence-electron chi connectivity index (χ3n) is 2.74. The second-order valence-corrected chi connectivity index (χ2v) is 4.50. The molecule has 2 nitrogen and oxygen atoms in total. The summed E-state index contributed by atoms with van der Waals surface area (Å²) in [5.41, 5.74) is 2.19. The van der Waals surface area contributed by atoms with Crippen molar-refractivity contribution in [3.05, 3.63) is 29.8 Å². The van der Waals surface area contributed by atoms with Gasteiger partial charge in [-0.15, -0.1) is 11.6 Å². The smallest absolute Gasteiger partial charge is 0.226 e. The fourth-order valence-electron chi connectivity index (χ4n) is 1.73. The van der Waals surface area contributed by atoms with Crippen molar-refractivity contribution >= 4 is 23.2 Å². The lowest BCUT2D eigenvalue weighted by molar-refractivity contribution is -0.118. The van der Waals surface area contributed by atoms with Gasteiger partial charge in [-0.2, -0.15) is 0 Å². The van der Waals surface area contributed by atoms with E-state index < -0.39 is 0 Å². The first-order valence-corrected chi connectivity index (χ1v) is 6.65. The van der Waals surface area contributed by atoms with Crippen molar-refractivity contribution in [3.63, 3.8) is 0 Å². The highest BCUT2D eigenvalue weighted by atomic mass is 35.5. The molecule has 1 rings (SSSR count). The third-order valence-corrected chi connectivity index (χ3v) is 3.00. The van der Waals surface area contributed by atoms with Crippen LogP contribution in [-0.4, -0.2) is 18.3 Å². The van der Waals surface area contributed by atoms with Gasteiger partial charge in [0.15, 0.2) is 0 Å². The molecule has 0 heterocycles. The fraction of sp³-hybridized carbons (Fsp3) is 0.500. The molecular weight excluding hydrogens is 234 g/mol. The van der Waals surface area contributed by atoms with Crippen LogP contribution in [0.2, 0.25) is 0 Å². The molecule has 0 N–H and O–H groups in total. The van der Waals surface area contributed by atoms with E-state index in [4.69, 9.17) is 11.6 Å². The zero-order valence-corrected chi connectivity index (χ0v) is 11.3. The van der Waals surface area contributed by atoms with Crippen molar-refractivity contribution in [2.24, 2.45) is 0 Å². The first-order valence-electron chi connectivity index (χ1n) is 6.12. The van der Waals surface area contributed by atoms with Crippen molar-refractivity contribution in [2.45, 2.75) is 33.1 Å². The Labute approximate surface area is 109 Å². The molecule has 0 atom stereocenters. The lowest BCUT2D eigenvalue weighted by atomic mass is 10.2. The summed E-state index contributed by atoms with van der Waals surface area (Å²) in [4.78, 5) is 13.8. The minimum Gasteiger partial charge on any atom is -0.313 e. The van der Waals surface area contributed by atoms with E-state index >= 15 is 0 Å². The number of carbonyl (C=O) groups excluding carboxylic acids is 1. The highest BCUT2D eigenvalue weighted by molar-refractivity contribution is 6.17. The van der Waals surface area contributed by atoms with Gasteiger partial charge in [0, 0.05) is 24.5 Å². The number of unbranched alkanes of at least 4 members (excludes halogenated alkanes) is 1. The highest BCUT2D eigenvalue weighted by Crippen LogP contribution is 2.16. The summed E-state index contributed by atoms with van der Waals surface area (Å²) in [5, 5.41) is 0. The van der Waals surface area contributed by atoms with Crippen molar-refractivity contribution in [3.8, 4) is 0 Å². The monoisotopic (exact) mass is 253 g/mol. The van der Waals surface area contributed by atoms with Crippen molar-refractivity contribution in [1.82, 2.24) is 0 Å². The maximum absolute atomic E-state index is 12.0. The van der Waals surface area contributed by atoms with E-state index in [1.54, 1.807) is 0 Å². The molecular formula is C14H20ClNO. The summed E-state index contributed by atoms with van der Waals surface area (Å²) in [6.45, 7) is 4.75. The molecule has 0 saturated carbocycles. The van der Waals surface area contributed by atoms with Gasteiger partial charge >= 0.3 is 0 Å². The normalized spacial score (nSPS) is 10.3. The number of nitrogens with zero attached hydrogens (tertiary/aromatic N) is 1. The number of benzene rings is 1. The Hall–Kier alpha value is -1.02. The number of amides is 1. The van der Waals surface area contributed by atoms with Crippen LogP contribution in [0.1, 0.15) is 31.7 Å². The van der Waals surface area contributed by atoms with Gasteiger partial charge < -0.3 is 4.90 Å². The highest BCUT2D eigenvalue weighted by Gasteiger charge is 2.12. The molecule has 0 unspecified atom stereocenters. The number of halogens is 1. The first kappa shape index (κ1) is 14.0. The van der Waals surface area contributed by atoms with E-state index in [1.807, 2.05) is 43.0 Å². The molecule has 0 aliphatic carbocycles. The number of aryl methyl sites for hydroxylation is 1. The van der Waals surface area contributed by atoms with Crippen LogP contribution in [0.4, 0.5) is 5.69 Å². The Morgan fingerprint density at radius 1 is 1.24 bits per heavy atom. The molecule has 0 bridgehead atoms.